The van der Waals surface area contributed by atoms with E-state index in [-0.39, 0.29) is 0 Å². The van der Waals surface area contributed by atoms with E-state index >= 15 is 0 Å². The zero-order chi connectivity index (χ0) is 10.8. The number of halogens is 3. The molecule has 0 unspecified atom stereocenters. The van der Waals surface area contributed by atoms with E-state index in [0.29, 0.717) is 0 Å². The van der Waals surface area contributed by atoms with Gasteiger partial charge in [0, 0.05) is 6.07 Å². The minimum absolute atomic E-state index is 0.479. The van der Waals surface area contributed by atoms with Gasteiger partial charge < -0.3 is 10.5 Å². The number of carbonyl (C=O) groups excluding carboxylic acids is 1. The molecule has 0 radical (unpaired) electrons. The number of ether oxygens (including phenoxy) is 1. The number of carbonyl (C=O) groups is 1. The maximum Gasteiger partial charge on any atom is 0.433 e. The molecule has 0 aliphatic carbocycles. The van der Waals surface area contributed by atoms with E-state index in [1.807, 2.05) is 0 Å². The number of alkyl halides is 3. The quantitative estimate of drug-likeness (QED) is 0.758. The van der Waals surface area contributed by atoms with Crippen molar-refractivity contribution in [2.45, 2.75) is 6.18 Å². The van der Waals surface area contributed by atoms with E-state index in [1.54, 1.807) is 0 Å². The number of amides is 1. The lowest BCUT2D eigenvalue weighted by Crippen LogP contribution is -2.18. The molecule has 1 heterocycles. The Hall–Kier alpha value is -1.79. The molecule has 76 valence electrons. The molecule has 0 atom stereocenters. The average molecular weight is 206 g/mol. The number of nitrogens with zero attached hydrogens (tertiary/aromatic N) is 1. The Morgan fingerprint density at radius 1 is 1.43 bits per heavy atom. The summed E-state index contributed by atoms with van der Waals surface area (Å²) in [6.07, 6.45) is -5.78. The molecular formula is C7H5F3N2O2. The zero-order valence-corrected chi connectivity index (χ0v) is 6.71. The van der Waals surface area contributed by atoms with Crippen molar-refractivity contribution in [3.05, 3.63) is 23.9 Å². The summed E-state index contributed by atoms with van der Waals surface area (Å²) in [5, 5.41) is 0. The Kier molecular flexibility index (Phi) is 2.59. The molecule has 0 saturated heterocycles. The largest absolute Gasteiger partial charge is 0.433 e. The molecule has 0 aliphatic rings. The number of hydrogen-bond acceptors (Lipinski definition) is 3. The van der Waals surface area contributed by atoms with Crippen LogP contribution in [0.25, 0.3) is 0 Å². The molecule has 0 spiro atoms. The Morgan fingerprint density at radius 2 is 2.07 bits per heavy atom. The third kappa shape index (κ3) is 2.61. The summed E-state index contributed by atoms with van der Waals surface area (Å²) in [4.78, 5) is 13.2. The van der Waals surface area contributed by atoms with Gasteiger partial charge in [-0.15, -0.1) is 0 Å². The van der Waals surface area contributed by atoms with Gasteiger partial charge in [0.25, 0.3) is 0 Å². The van der Waals surface area contributed by atoms with Crippen molar-refractivity contribution in [1.29, 1.82) is 0 Å². The Balaban J connectivity index is 2.95. The van der Waals surface area contributed by atoms with Crippen LogP contribution in [0.3, 0.4) is 0 Å². The molecule has 1 rings (SSSR count). The van der Waals surface area contributed by atoms with Crippen molar-refractivity contribution in [2.24, 2.45) is 5.73 Å². The molecular weight excluding hydrogens is 201 g/mol. The van der Waals surface area contributed by atoms with E-state index in [1.165, 1.54) is 0 Å². The first-order chi connectivity index (χ1) is 6.39. The Labute approximate surface area is 76.5 Å². The SMILES string of the molecule is NC(=O)Oc1cccc(C(F)(F)F)n1. The van der Waals surface area contributed by atoms with Gasteiger partial charge in [-0.05, 0) is 6.07 Å². The van der Waals surface area contributed by atoms with Crippen LogP contribution in [-0.4, -0.2) is 11.1 Å². The van der Waals surface area contributed by atoms with Crippen LogP contribution >= 0.6 is 0 Å². The predicted octanol–water partition coefficient (Wildman–Crippen LogP) is 1.56. The van der Waals surface area contributed by atoms with Crippen LogP contribution in [-0.2, 0) is 6.18 Å². The predicted molar refractivity (Wildman–Crippen MR) is 39.5 cm³/mol. The fourth-order valence-electron chi connectivity index (χ4n) is 0.733. The fraction of sp³-hybridized carbons (Fsp3) is 0.143. The summed E-state index contributed by atoms with van der Waals surface area (Å²) in [7, 11) is 0. The summed E-state index contributed by atoms with van der Waals surface area (Å²) < 4.78 is 40.4. The third-order valence-corrected chi connectivity index (χ3v) is 1.22. The van der Waals surface area contributed by atoms with Crippen LogP contribution < -0.4 is 10.5 Å². The van der Waals surface area contributed by atoms with Crippen LogP contribution in [0, 0.1) is 0 Å². The van der Waals surface area contributed by atoms with Gasteiger partial charge in [-0.2, -0.15) is 13.2 Å². The highest BCUT2D eigenvalue weighted by Crippen LogP contribution is 2.28. The molecule has 1 aromatic heterocycles. The number of rotatable bonds is 1. The van der Waals surface area contributed by atoms with Crippen LogP contribution in [0.5, 0.6) is 5.88 Å². The first-order valence-corrected chi connectivity index (χ1v) is 3.41. The van der Waals surface area contributed by atoms with Gasteiger partial charge in [-0.3, -0.25) is 0 Å². The maximum atomic E-state index is 12.1. The van der Waals surface area contributed by atoms with E-state index in [0.717, 1.165) is 18.2 Å². The number of pyridine rings is 1. The molecule has 0 saturated carbocycles. The van der Waals surface area contributed by atoms with E-state index in [4.69, 9.17) is 0 Å². The summed E-state index contributed by atoms with van der Waals surface area (Å²) >= 11 is 0. The molecule has 0 aliphatic heterocycles. The molecule has 0 fully saturated rings. The van der Waals surface area contributed by atoms with Crippen molar-refractivity contribution >= 4 is 6.09 Å². The highest BCUT2D eigenvalue weighted by atomic mass is 19.4. The molecule has 7 heteroatoms. The topological polar surface area (TPSA) is 65.2 Å². The molecule has 2 N–H and O–H groups in total. The summed E-state index contributed by atoms with van der Waals surface area (Å²) in [6, 6.07) is 2.92. The standard InChI is InChI=1S/C7H5F3N2O2/c8-7(9,10)4-2-1-3-5(12-4)14-6(11)13/h1-3H,(H2,11,13). The van der Waals surface area contributed by atoms with E-state index < -0.39 is 23.8 Å². The van der Waals surface area contributed by atoms with Gasteiger partial charge in [0.15, 0.2) is 0 Å². The Bertz CT molecular complexity index is 351. The lowest BCUT2D eigenvalue weighted by atomic mass is 10.3. The first-order valence-electron chi connectivity index (χ1n) is 3.41. The highest BCUT2D eigenvalue weighted by Gasteiger charge is 2.32. The van der Waals surface area contributed by atoms with Crippen molar-refractivity contribution in [2.75, 3.05) is 0 Å². The zero-order valence-electron chi connectivity index (χ0n) is 6.71. The van der Waals surface area contributed by atoms with Crippen molar-refractivity contribution in [3.63, 3.8) is 0 Å². The van der Waals surface area contributed by atoms with Gasteiger partial charge in [0.1, 0.15) is 5.69 Å². The number of nitrogens with two attached hydrogens (primary N) is 1. The molecule has 1 aromatic rings. The molecule has 0 aromatic carbocycles. The van der Waals surface area contributed by atoms with Gasteiger partial charge in [0.2, 0.25) is 5.88 Å². The number of primary amides is 1. The summed E-state index contributed by atoms with van der Waals surface area (Å²) in [5.74, 6) is -0.479. The summed E-state index contributed by atoms with van der Waals surface area (Å²) in [6.45, 7) is 0. The van der Waals surface area contributed by atoms with Gasteiger partial charge in [-0.25, -0.2) is 9.78 Å². The monoisotopic (exact) mass is 206 g/mol. The van der Waals surface area contributed by atoms with Gasteiger partial charge in [-0.1, -0.05) is 6.07 Å². The molecule has 4 nitrogen and oxygen atoms in total. The average Bonchev–Trinajstić information content (AvgIpc) is 2.01. The smallest absolute Gasteiger partial charge is 0.391 e. The second-order valence-corrected chi connectivity index (χ2v) is 2.28. The van der Waals surface area contributed by atoms with Crippen molar-refractivity contribution in [1.82, 2.24) is 4.98 Å². The molecule has 0 bridgehead atoms. The van der Waals surface area contributed by atoms with Crippen molar-refractivity contribution < 1.29 is 22.7 Å². The highest BCUT2D eigenvalue weighted by molar-refractivity contribution is 5.67. The fourth-order valence-corrected chi connectivity index (χ4v) is 0.733. The van der Waals surface area contributed by atoms with Crippen molar-refractivity contribution in [3.8, 4) is 5.88 Å². The second kappa shape index (κ2) is 3.52. The Morgan fingerprint density at radius 3 is 2.57 bits per heavy atom. The van der Waals surface area contributed by atoms with Crippen LogP contribution in [0.4, 0.5) is 18.0 Å². The van der Waals surface area contributed by atoms with Gasteiger partial charge >= 0.3 is 12.3 Å². The van der Waals surface area contributed by atoms with Gasteiger partial charge in [0.05, 0.1) is 0 Å². The number of aromatic nitrogens is 1. The normalized spacial score (nSPS) is 11.1. The third-order valence-electron chi connectivity index (χ3n) is 1.22. The minimum atomic E-state index is -4.57. The van der Waals surface area contributed by atoms with Crippen LogP contribution in [0.1, 0.15) is 5.69 Å². The molecule has 1 amide bonds. The first kappa shape index (κ1) is 10.3. The number of hydrogen-bond donors (Lipinski definition) is 1. The lowest BCUT2D eigenvalue weighted by molar-refractivity contribution is -0.141. The lowest BCUT2D eigenvalue weighted by Gasteiger charge is -2.06. The maximum absolute atomic E-state index is 12.1. The minimum Gasteiger partial charge on any atom is -0.391 e. The van der Waals surface area contributed by atoms with Crippen LogP contribution in [0.15, 0.2) is 18.2 Å². The van der Waals surface area contributed by atoms with E-state index in [2.05, 4.69) is 15.5 Å². The molecule has 14 heavy (non-hydrogen) atoms. The van der Waals surface area contributed by atoms with Crippen LogP contribution in [0.2, 0.25) is 0 Å². The van der Waals surface area contributed by atoms with E-state index in [9.17, 15) is 18.0 Å². The summed E-state index contributed by atoms with van der Waals surface area (Å²) in [5.41, 5.74) is 3.46. The second-order valence-electron chi connectivity index (χ2n) is 2.28.